The fourth-order valence-corrected chi connectivity index (χ4v) is 3.77. The number of hydrogen-bond donors (Lipinski definition) is 1. The first kappa shape index (κ1) is 24.2. The lowest BCUT2D eigenvalue weighted by molar-refractivity contribution is -0.112. The van der Waals surface area contributed by atoms with Crippen LogP contribution in [-0.2, 0) is 4.79 Å². The number of nitrogens with one attached hydrogen (secondary N) is 1. The molecule has 0 aliphatic rings. The molecule has 6 heteroatoms. The zero-order valence-corrected chi connectivity index (χ0v) is 20.2. The fourth-order valence-electron chi connectivity index (χ4n) is 3.77. The van der Waals surface area contributed by atoms with Crippen LogP contribution >= 0.6 is 0 Å². The van der Waals surface area contributed by atoms with E-state index in [1.807, 2.05) is 92.8 Å². The second-order valence-electron chi connectivity index (χ2n) is 8.23. The molecule has 4 rings (SSSR count). The number of nitrogens with zero attached hydrogens (tertiary/aromatic N) is 3. The van der Waals surface area contributed by atoms with Crippen molar-refractivity contribution < 1.29 is 9.53 Å². The molecule has 1 amide bonds. The molecule has 6 nitrogen and oxygen atoms in total. The highest BCUT2D eigenvalue weighted by atomic mass is 16.5. The van der Waals surface area contributed by atoms with Gasteiger partial charge in [-0.25, -0.2) is 4.68 Å². The molecule has 0 bridgehead atoms. The van der Waals surface area contributed by atoms with Gasteiger partial charge < -0.3 is 10.1 Å². The van der Waals surface area contributed by atoms with E-state index in [1.165, 1.54) is 0 Å². The Morgan fingerprint density at radius 2 is 1.83 bits per heavy atom. The normalized spacial score (nSPS) is 11.0. The van der Waals surface area contributed by atoms with E-state index in [-0.39, 0.29) is 5.57 Å². The zero-order valence-electron chi connectivity index (χ0n) is 20.2. The molecule has 1 N–H and O–H groups in total. The van der Waals surface area contributed by atoms with E-state index >= 15 is 0 Å². The fraction of sp³-hybridized carbons (Fsp3) is 0.100. The van der Waals surface area contributed by atoms with Gasteiger partial charge in [-0.1, -0.05) is 49.1 Å². The van der Waals surface area contributed by atoms with Crippen molar-refractivity contribution in [3.8, 4) is 28.8 Å². The molecule has 0 fully saturated rings. The third-order valence-corrected chi connectivity index (χ3v) is 5.64. The number of para-hydroxylation sites is 2. The lowest BCUT2D eigenvalue weighted by Crippen LogP contribution is -2.14. The number of hydrogen-bond acceptors (Lipinski definition) is 4. The number of carbonyl (C=O) groups is 1. The van der Waals surface area contributed by atoms with Gasteiger partial charge in [0.2, 0.25) is 0 Å². The summed E-state index contributed by atoms with van der Waals surface area (Å²) in [7, 11) is 0. The summed E-state index contributed by atoms with van der Waals surface area (Å²) < 4.78 is 7.41. The van der Waals surface area contributed by atoms with Crippen LogP contribution in [0.15, 0.2) is 97.2 Å². The van der Waals surface area contributed by atoms with Crippen LogP contribution in [0, 0.1) is 25.2 Å². The van der Waals surface area contributed by atoms with Gasteiger partial charge in [-0.15, -0.1) is 0 Å². The van der Waals surface area contributed by atoms with E-state index in [2.05, 4.69) is 11.9 Å². The number of nitriles is 1. The number of aromatic nitrogens is 2. The zero-order chi connectivity index (χ0) is 25.5. The van der Waals surface area contributed by atoms with Crippen molar-refractivity contribution in [2.75, 3.05) is 11.9 Å². The summed E-state index contributed by atoms with van der Waals surface area (Å²) in [5.41, 5.74) is 5.55. The molecule has 0 spiro atoms. The van der Waals surface area contributed by atoms with Gasteiger partial charge in [0.05, 0.1) is 5.69 Å². The minimum Gasteiger partial charge on any atom is -0.490 e. The van der Waals surface area contributed by atoms with E-state index in [4.69, 9.17) is 9.84 Å². The highest BCUT2D eigenvalue weighted by Crippen LogP contribution is 2.31. The Bertz CT molecular complexity index is 1480. The van der Waals surface area contributed by atoms with E-state index in [9.17, 15) is 10.1 Å². The summed E-state index contributed by atoms with van der Waals surface area (Å²) in [6.45, 7) is 7.97. The van der Waals surface area contributed by atoms with Crippen LogP contribution in [0.5, 0.6) is 5.75 Å². The quantitative estimate of drug-likeness (QED) is 0.185. The molecule has 178 valence electrons. The molecule has 0 aliphatic heterocycles. The molecule has 0 aliphatic carbocycles. The van der Waals surface area contributed by atoms with Crippen LogP contribution in [0.3, 0.4) is 0 Å². The van der Waals surface area contributed by atoms with Crippen LogP contribution in [0.4, 0.5) is 5.69 Å². The largest absolute Gasteiger partial charge is 0.490 e. The molecule has 1 aromatic heterocycles. The molecule has 0 saturated carbocycles. The van der Waals surface area contributed by atoms with Crippen molar-refractivity contribution >= 4 is 17.7 Å². The Kier molecular flexibility index (Phi) is 7.42. The third kappa shape index (κ3) is 5.43. The number of carbonyl (C=O) groups excluding carboxylic acids is 1. The number of amides is 1. The molecule has 0 saturated heterocycles. The molecule has 36 heavy (non-hydrogen) atoms. The van der Waals surface area contributed by atoms with E-state index in [0.29, 0.717) is 23.6 Å². The molecule has 0 unspecified atom stereocenters. The third-order valence-electron chi connectivity index (χ3n) is 5.64. The van der Waals surface area contributed by atoms with E-state index in [1.54, 1.807) is 22.9 Å². The highest BCUT2D eigenvalue weighted by Gasteiger charge is 2.17. The molecule has 0 radical (unpaired) electrons. The molecule has 3 aromatic carbocycles. The van der Waals surface area contributed by atoms with E-state index in [0.717, 1.165) is 28.1 Å². The summed E-state index contributed by atoms with van der Waals surface area (Å²) in [5.74, 6) is 0.251. The number of ether oxygens (including phenoxy) is 1. The molecule has 0 atom stereocenters. The van der Waals surface area contributed by atoms with Crippen LogP contribution in [0.2, 0.25) is 0 Å². The van der Waals surface area contributed by atoms with Crippen LogP contribution in [-0.4, -0.2) is 22.3 Å². The van der Waals surface area contributed by atoms with Crippen molar-refractivity contribution in [1.82, 2.24) is 9.78 Å². The standard InChI is InChI=1S/C30H26N4O2/c1-4-16-36-26-14-15-27(22(3)17-26)29-24(20-34(33-29)25-11-6-5-7-12-25)18-23(19-31)30(35)32-28-13-9-8-10-21(28)2/h4-15,17-18,20H,1,16H2,2-3H3,(H,32,35)/b23-18-. The first-order valence-electron chi connectivity index (χ1n) is 11.5. The van der Waals surface area contributed by atoms with Gasteiger partial charge in [-0.3, -0.25) is 4.79 Å². The minimum atomic E-state index is -0.477. The van der Waals surface area contributed by atoms with E-state index < -0.39 is 5.91 Å². The maximum Gasteiger partial charge on any atom is 0.266 e. The first-order valence-corrected chi connectivity index (χ1v) is 11.5. The molecule has 1 heterocycles. The lowest BCUT2D eigenvalue weighted by atomic mass is 10.0. The Hall–Kier alpha value is -4.89. The average molecular weight is 475 g/mol. The Balaban J connectivity index is 1.77. The van der Waals surface area contributed by atoms with Gasteiger partial charge in [-0.2, -0.15) is 10.4 Å². The number of anilines is 1. The smallest absolute Gasteiger partial charge is 0.266 e. The minimum absolute atomic E-state index is 0.0179. The molecular weight excluding hydrogens is 448 g/mol. The summed E-state index contributed by atoms with van der Waals surface area (Å²) in [6.07, 6.45) is 5.10. The second-order valence-corrected chi connectivity index (χ2v) is 8.23. The van der Waals surface area contributed by atoms with Gasteiger partial charge in [0.25, 0.3) is 5.91 Å². The predicted octanol–water partition coefficient (Wildman–Crippen LogP) is 6.27. The van der Waals surface area contributed by atoms with Gasteiger partial charge in [0.1, 0.15) is 29.7 Å². The number of rotatable bonds is 8. The van der Waals surface area contributed by atoms with Gasteiger partial charge in [-0.05, 0) is 67.4 Å². The van der Waals surface area contributed by atoms with Crippen LogP contribution < -0.4 is 10.1 Å². The Morgan fingerprint density at radius 3 is 2.53 bits per heavy atom. The lowest BCUT2D eigenvalue weighted by Gasteiger charge is -2.09. The number of aryl methyl sites for hydroxylation is 2. The van der Waals surface area contributed by atoms with Crippen LogP contribution in [0.25, 0.3) is 23.0 Å². The van der Waals surface area contributed by atoms with Crippen molar-refractivity contribution in [2.24, 2.45) is 0 Å². The number of benzene rings is 3. The van der Waals surface area contributed by atoms with Crippen molar-refractivity contribution in [3.05, 3.63) is 114 Å². The Morgan fingerprint density at radius 1 is 1.08 bits per heavy atom. The van der Waals surface area contributed by atoms with Crippen molar-refractivity contribution in [1.29, 1.82) is 5.26 Å². The SMILES string of the molecule is C=CCOc1ccc(-c2nn(-c3ccccc3)cc2/C=C(/C#N)C(=O)Nc2ccccc2C)c(C)c1. The van der Waals surface area contributed by atoms with Crippen LogP contribution in [0.1, 0.15) is 16.7 Å². The average Bonchev–Trinajstić information content (AvgIpc) is 3.31. The molecular formula is C30H26N4O2. The maximum atomic E-state index is 13.0. The summed E-state index contributed by atoms with van der Waals surface area (Å²) in [4.78, 5) is 13.0. The second kappa shape index (κ2) is 11.0. The highest BCUT2D eigenvalue weighted by molar-refractivity contribution is 6.10. The van der Waals surface area contributed by atoms with Gasteiger partial charge >= 0.3 is 0 Å². The maximum absolute atomic E-state index is 13.0. The summed E-state index contributed by atoms with van der Waals surface area (Å²) in [5, 5.41) is 17.5. The molecule has 4 aromatic rings. The van der Waals surface area contributed by atoms with Crippen molar-refractivity contribution in [3.63, 3.8) is 0 Å². The monoisotopic (exact) mass is 474 g/mol. The van der Waals surface area contributed by atoms with Crippen molar-refractivity contribution in [2.45, 2.75) is 13.8 Å². The summed E-state index contributed by atoms with van der Waals surface area (Å²) in [6, 6.07) is 24.9. The first-order chi connectivity index (χ1) is 17.5. The van der Waals surface area contributed by atoms with Gasteiger partial charge in [0, 0.05) is 23.0 Å². The summed E-state index contributed by atoms with van der Waals surface area (Å²) >= 11 is 0. The topological polar surface area (TPSA) is 79.9 Å². The predicted molar refractivity (Wildman–Crippen MR) is 143 cm³/mol. The van der Waals surface area contributed by atoms with Gasteiger partial charge in [0.15, 0.2) is 0 Å². The Labute approximate surface area is 210 Å².